The zero-order chi connectivity index (χ0) is 14.5. The number of esters is 1. The first kappa shape index (κ1) is 15.4. The number of benzene rings is 1. The minimum absolute atomic E-state index is 0.243. The van der Waals surface area contributed by atoms with Crippen molar-refractivity contribution in [3.8, 4) is 0 Å². The first-order valence-electron chi connectivity index (χ1n) is 6.84. The SMILES string of the molecule is COC(=O)CN(Cc1cc(F)cc(Br)c1)C1CCCC1. The van der Waals surface area contributed by atoms with Crippen LogP contribution in [0, 0.1) is 5.82 Å². The molecule has 2 rings (SSSR count). The van der Waals surface area contributed by atoms with Gasteiger partial charge >= 0.3 is 5.97 Å². The Labute approximate surface area is 127 Å². The summed E-state index contributed by atoms with van der Waals surface area (Å²) < 4.78 is 18.9. The van der Waals surface area contributed by atoms with Crippen LogP contribution in [0.2, 0.25) is 0 Å². The van der Waals surface area contributed by atoms with E-state index in [0.717, 1.165) is 22.9 Å². The summed E-state index contributed by atoms with van der Waals surface area (Å²) in [6.07, 6.45) is 4.56. The standard InChI is InChI=1S/C15H19BrFNO2/c1-20-15(19)10-18(14-4-2-3-5-14)9-11-6-12(16)8-13(17)7-11/h6-8,14H,2-5,9-10H2,1H3. The summed E-state index contributed by atoms with van der Waals surface area (Å²) in [5.74, 6) is -0.508. The van der Waals surface area contributed by atoms with Crippen molar-refractivity contribution in [1.29, 1.82) is 0 Å². The number of hydrogen-bond donors (Lipinski definition) is 0. The molecule has 0 saturated heterocycles. The molecule has 1 aromatic carbocycles. The lowest BCUT2D eigenvalue weighted by Crippen LogP contribution is -2.37. The van der Waals surface area contributed by atoms with Gasteiger partial charge in [-0.2, -0.15) is 0 Å². The van der Waals surface area contributed by atoms with Gasteiger partial charge in [0.25, 0.3) is 0 Å². The van der Waals surface area contributed by atoms with Crippen LogP contribution in [-0.2, 0) is 16.1 Å². The Bertz CT molecular complexity index is 455. The fourth-order valence-corrected chi connectivity index (χ4v) is 3.26. The van der Waals surface area contributed by atoms with E-state index < -0.39 is 0 Å². The van der Waals surface area contributed by atoms with Crippen molar-refractivity contribution >= 4 is 21.9 Å². The number of halogens is 2. The molecule has 0 heterocycles. The van der Waals surface area contributed by atoms with Crippen LogP contribution in [0.4, 0.5) is 4.39 Å². The number of rotatable bonds is 5. The molecule has 0 unspecified atom stereocenters. The fraction of sp³-hybridized carbons (Fsp3) is 0.533. The summed E-state index contributed by atoms with van der Waals surface area (Å²) in [6.45, 7) is 0.825. The third-order valence-corrected chi connectivity index (χ3v) is 4.17. The Kier molecular flexibility index (Phi) is 5.54. The van der Waals surface area contributed by atoms with Crippen molar-refractivity contribution in [2.24, 2.45) is 0 Å². The van der Waals surface area contributed by atoms with Gasteiger partial charge < -0.3 is 4.74 Å². The number of nitrogens with zero attached hydrogens (tertiary/aromatic N) is 1. The summed E-state index contributed by atoms with van der Waals surface area (Å²) in [5.41, 5.74) is 0.868. The molecule has 1 aromatic rings. The van der Waals surface area contributed by atoms with Gasteiger partial charge in [-0.1, -0.05) is 28.8 Å². The molecule has 1 aliphatic rings. The van der Waals surface area contributed by atoms with Crippen LogP contribution in [0.25, 0.3) is 0 Å². The van der Waals surface area contributed by atoms with E-state index in [0.29, 0.717) is 12.6 Å². The van der Waals surface area contributed by atoms with Gasteiger partial charge in [0.1, 0.15) is 5.82 Å². The van der Waals surface area contributed by atoms with E-state index in [9.17, 15) is 9.18 Å². The Morgan fingerprint density at radius 2 is 2.10 bits per heavy atom. The first-order chi connectivity index (χ1) is 9.58. The van der Waals surface area contributed by atoms with Gasteiger partial charge in [-0.3, -0.25) is 9.69 Å². The fourth-order valence-electron chi connectivity index (χ4n) is 2.75. The van der Waals surface area contributed by atoms with E-state index in [1.54, 1.807) is 0 Å². The molecule has 0 bridgehead atoms. The maximum absolute atomic E-state index is 13.4. The van der Waals surface area contributed by atoms with Crippen LogP contribution in [-0.4, -0.2) is 30.6 Å². The topological polar surface area (TPSA) is 29.5 Å². The van der Waals surface area contributed by atoms with Crippen LogP contribution < -0.4 is 0 Å². The summed E-state index contributed by atoms with van der Waals surface area (Å²) in [4.78, 5) is 13.7. The summed E-state index contributed by atoms with van der Waals surface area (Å²) in [5, 5.41) is 0. The predicted molar refractivity (Wildman–Crippen MR) is 78.8 cm³/mol. The number of methoxy groups -OCH3 is 1. The number of carbonyl (C=O) groups is 1. The average Bonchev–Trinajstić information content (AvgIpc) is 2.90. The van der Waals surface area contributed by atoms with Gasteiger partial charge in [0, 0.05) is 17.1 Å². The second-order valence-electron chi connectivity index (χ2n) is 5.20. The molecule has 3 nitrogen and oxygen atoms in total. The minimum atomic E-state index is -0.265. The van der Waals surface area contributed by atoms with E-state index in [1.807, 2.05) is 6.07 Å². The quantitative estimate of drug-likeness (QED) is 0.766. The maximum Gasteiger partial charge on any atom is 0.319 e. The van der Waals surface area contributed by atoms with E-state index in [-0.39, 0.29) is 18.3 Å². The van der Waals surface area contributed by atoms with Gasteiger partial charge in [-0.25, -0.2) is 4.39 Å². The Morgan fingerprint density at radius 1 is 1.40 bits per heavy atom. The smallest absolute Gasteiger partial charge is 0.319 e. The lowest BCUT2D eigenvalue weighted by atomic mass is 10.1. The average molecular weight is 344 g/mol. The molecule has 20 heavy (non-hydrogen) atoms. The van der Waals surface area contributed by atoms with Crippen LogP contribution >= 0.6 is 15.9 Å². The third-order valence-electron chi connectivity index (χ3n) is 3.71. The largest absolute Gasteiger partial charge is 0.468 e. The van der Waals surface area contributed by atoms with E-state index in [4.69, 9.17) is 4.74 Å². The number of carbonyl (C=O) groups excluding carboxylic acids is 1. The second kappa shape index (κ2) is 7.18. The summed E-state index contributed by atoms with van der Waals surface area (Å²) in [6, 6.07) is 5.23. The highest BCUT2D eigenvalue weighted by molar-refractivity contribution is 9.10. The summed E-state index contributed by atoms with van der Waals surface area (Å²) in [7, 11) is 1.40. The first-order valence-corrected chi connectivity index (χ1v) is 7.63. The second-order valence-corrected chi connectivity index (χ2v) is 6.11. The zero-order valence-electron chi connectivity index (χ0n) is 11.6. The molecule has 0 radical (unpaired) electrons. The molecule has 1 saturated carbocycles. The van der Waals surface area contributed by atoms with Crippen LogP contribution in [0.1, 0.15) is 31.2 Å². The van der Waals surface area contributed by atoms with E-state index >= 15 is 0 Å². The van der Waals surface area contributed by atoms with Crippen molar-refractivity contribution < 1.29 is 13.9 Å². The molecule has 0 atom stereocenters. The van der Waals surface area contributed by atoms with E-state index in [2.05, 4.69) is 20.8 Å². The molecule has 0 aliphatic heterocycles. The van der Waals surface area contributed by atoms with Crippen molar-refractivity contribution in [2.45, 2.75) is 38.3 Å². The van der Waals surface area contributed by atoms with Crippen molar-refractivity contribution in [1.82, 2.24) is 4.90 Å². The van der Waals surface area contributed by atoms with Gasteiger partial charge in [0.15, 0.2) is 0 Å². The van der Waals surface area contributed by atoms with Crippen molar-refractivity contribution in [2.75, 3.05) is 13.7 Å². The highest BCUT2D eigenvalue weighted by atomic mass is 79.9. The molecule has 110 valence electrons. The lowest BCUT2D eigenvalue weighted by molar-refractivity contribution is -0.142. The Balaban J connectivity index is 2.11. The molecule has 1 aliphatic carbocycles. The number of ether oxygens (including phenoxy) is 1. The molecule has 0 amide bonds. The maximum atomic E-state index is 13.4. The monoisotopic (exact) mass is 343 g/mol. The Morgan fingerprint density at radius 3 is 2.70 bits per heavy atom. The van der Waals surface area contributed by atoms with Gasteiger partial charge in [-0.15, -0.1) is 0 Å². The highest BCUT2D eigenvalue weighted by Gasteiger charge is 2.25. The minimum Gasteiger partial charge on any atom is -0.468 e. The van der Waals surface area contributed by atoms with E-state index in [1.165, 1.54) is 32.1 Å². The van der Waals surface area contributed by atoms with Gasteiger partial charge in [-0.05, 0) is 36.6 Å². The van der Waals surface area contributed by atoms with Gasteiger partial charge in [0.2, 0.25) is 0 Å². The highest BCUT2D eigenvalue weighted by Crippen LogP contribution is 2.25. The van der Waals surface area contributed by atoms with Crippen LogP contribution in [0.15, 0.2) is 22.7 Å². The molecular formula is C15H19BrFNO2. The molecule has 0 aromatic heterocycles. The van der Waals surface area contributed by atoms with Gasteiger partial charge in [0.05, 0.1) is 13.7 Å². The Hall–Kier alpha value is -0.940. The van der Waals surface area contributed by atoms with Crippen molar-refractivity contribution in [3.05, 3.63) is 34.1 Å². The summed E-state index contributed by atoms with van der Waals surface area (Å²) >= 11 is 3.30. The molecule has 0 spiro atoms. The van der Waals surface area contributed by atoms with Crippen LogP contribution in [0.3, 0.4) is 0 Å². The molecule has 0 N–H and O–H groups in total. The lowest BCUT2D eigenvalue weighted by Gasteiger charge is -2.27. The van der Waals surface area contributed by atoms with Crippen LogP contribution in [0.5, 0.6) is 0 Å². The number of hydrogen-bond acceptors (Lipinski definition) is 3. The molecule has 5 heteroatoms. The normalized spacial score (nSPS) is 15.8. The molecular weight excluding hydrogens is 325 g/mol. The zero-order valence-corrected chi connectivity index (χ0v) is 13.2. The molecule has 1 fully saturated rings. The predicted octanol–water partition coefficient (Wildman–Crippen LogP) is 3.51. The third kappa shape index (κ3) is 4.28. The van der Waals surface area contributed by atoms with Crippen molar-refractivity contribution in [3.63, 3.8) is 0 Å².